The number of rotatable bonds is 3. The summed E-state index contributed by atoms with van der Waals surface area (Å²) < 4.78 is 0. The summed E-state index contributed by atoms with van der Waals surface area (Å²) in [5.41, 5.74) is 2.07. The van der Waals surface area contributed by atoms with Crippen molar-refractivity contribution in [2.45, 2.75) is 38.0 Å². The van der Waals surface area contributed by atoms with Crippen LogP contribution in [0.5, 0.6) is 0 Å². The van der Waals surface area contributed by atoms with E-state index >= 15 is 0 Å². The molecular formula is C15H17NO. The van der Waals surface area contributed by atoms with E-state index in [0.717, 1.165) is 31.1 Å². The van der Waals surface area contributed by atoms with Crippen LogP contribution in [0.15, 0.2) is 24.3 Å². The first-order valence-electron chi connectivity index (χ1n) is 6.27. The fourth-order valence-electron chi connectivity index (χ4n) is 2.70. The molecule has 1 aliphatic carbocycles. The molecule has 17 heavy (non-hydrogen) atoms. The summed E-state index contributed by atoms with van der Waals surface area (Å²) in [4.78, 5) is 10.5. The van der Waals surface area contributed by atoms with Crippen LogP contribution in [0, 0.1) is 17.2 Å². The van der Waals surface area contributed by atoms with E-state index in [2.05, 4.69) is 18.2 Å². The molecule has 0 radical (unpaired) electrons. The van der Waals surface area contributed by atoms with Crippen LogP contribution < -0.4 is 0 Å². The van der Waals surface area contributed by atoms with Crippen molar-refractivity contribution in [1.82, 2.24) is 0 Å². The second-order valence-electron chi connectivity index (χ2n) is 4.85. The summed E-state index contributed by atoms with van der Waals surface area (Å²) in [6.45, 7) is 0. The van der Waals surface area contributed by atoms with Gasteiger partial charge in [-0.05, 0) is 55.2 Å². The lowest BCUT2D eigenvalue weighted by molar-refractivity contribution is -0.108. The molecule has 0 spiro atoms. The Morgan fingerprint density at radius 2 is 1.82 bits per heavy atom. The number of carbonyl (C=O) groups is 1. The van der Waals surface area contributed by atoms with Crippen molar-refractivity contribution in [2.24, 2.45) is 5.92 Å². The van der Waals surface area contributed by atoms with E-state index in [4.69, 9.17) is 5.26 Å². The predicted molar refractivity (Wildman–Crippen MR) is 66.5 cm³/mol. The number of aldehydes is 1. The molecule has 1 aromatic rings. The SMILES string of the molecule is N#Cc1ccc(C2CCC(CC=O)CC2)cc1. The summed E-state index contributed by atoms with van der Waals surface area (Å²) in [6.07, 6.45) is 6.43. The molecule has 1 aliphatic rings. The van der Waals surface area contributed by atoms with Crippen molar-refractivity contribution in [1.29, 1.82) is 5.26 Å². The second-order valence-corrected chi connectivity index (χ2v) is 4.85. The standard InChI is InChI=1S/C15H17NO/c16-11-13-3-7-15(8-4-13)14-5-1-12(2-6-14)9-10-17/h3-4,7-8,10,12,14H,1-2,5-6,9H2. The maximum atomic E-state index is 10.5. The number of hydrogen-bond acceptors (Lipinski definition) is 2. The van der Waals surface area contributed by atoms with Gasteiger partial charge in [0.25, 0.3) is 0 Å². The number of benzene rings is 1. The molecule has 2 nitrogen and oxygen atoms in total. The molecule has 0 aromatic heterocycles. The Balaban J connectivity index is 1.96. The van der Waals surface area contributed by atoms with Gasteiger partial charge in [-0.3, -0.25) is 0 Å². The smallest absolute Gasteiger partial charge is 0.120 e. The summed E-state index contributed by atoms with van der Waals surface area (Å²) in [5.74, 6) is 1.22. The van der Waals surface area contributed by atoms with E-state index in [1.807, 2.05) is 12.1 Å². The first-order chi connectivity index (χ1) is 8.33. The number of carbonyl (C=O) groups excluding carboxylic acids is 1. The van der Waals surface area contributed by atoms with E-state index in [9.17, 15) is 4.79 Å². The van der Waals surface area contributed by atoms with E-state index < -0.39 is 0 Å². The highest BCUT2D eigenvalue weighted by atomic mass is 16.1. The van der Waals surface area contributed by atoms with Gasteiger partial charge in [0.15, 0.2) is 0 Å². The molecule has 0 N–H and O–H groups in total. The second kappa shape index (κ2) is 5.63. The highest BCUT2D eigenvalue weighted by Gasteiger charge is 2.21. The molecule has 1 fully saturated rings. The van der Waals surface area contributed by atoms with Crippen LogP contribution in [0.3, 0.4) is 0 Å². The average Bonchev–Trinajstić information content (AvgIpc) is 2.40. The first kappa shape index (κ1) is 11.9. The molecule has 2 rings (SSSR count). The predicted octanol–water partition coefficient (Wildman–Crippen LogP) is 3.42. The molecule has 0 aliphatic heterocycles. The minimum atomic E-state index is 0.599. The lowest BCUT2D eigenvalue weighted by atomic mass is 9.78. The van der Waals surface area contributed by atoms with Crippen molar-refractivity contribution in [3.63, 3.8) is 0 Å². The normalized spacial score (nSPS) is 23.9. The zero-order chi connectivity index (χ0) is 12.1. The molecule has 0 unspecified atom stereocenters. The van der Waals surface area contributed by atoms with Crippen LogP contribution in [0.2, 0.25) is 0 Å². The molecule has 0 bridgehead atoms. The van der Waals surface area contributed by atoms with Gasteiger partial charge >= 0.3 is 0 Å². The van der Waals surface area contributed by atoms with Gasteiger partial charge in [0.1, 0.15) is 6.29 Å². The fraction of sp³-hybridized carbons (Fsp3) is 0.467. The Kier molecular flexibility index (Phi) is 3.93. The van der Waals surface area contributed by atoms with Crippen molar-refractivity contribution in [2.75, 3.05) is 0 Å². The van der Waals surface area contributed by atoms with Crippen LogP contribution in [-0.2, 0) is 4.79 Å². The zero-order valence-corrected chi connectivity index (χ0v) is 9.93. The van der Waals surface area contributed by atoms with Crippen LogP contribution in [0.4, 0.5) is 0 Å². The average molecular weight is 227 g/mol. The number of hydrogen-bond donors (Lipinski definition) is 0. The lowest BCUT2D eigenvalue weighted by Gasteiger charge is -2.27. The highest BCUT2D eigenvalue weighted by Crippen LogP contribution is 2.36. The van der Waals surface area contributed by atoms with Crippen molar-refractivity contribution in [3.05, 3.63) is 35.4 Å². The number of nitrogens with zero attached hydrogens (tertiary/aromatic N) is 1. The molecule has 0 amide bonds. The van der Waals surface area contributed by atoms with Crippen molar-refractivity contribution >= 4 is 6.29 Å². The minimum absolute atomic E-state index is 0.599. The molecule has 2 heteroatoms. The van der Waals surface area contributed by atoms with Gasteiger partial charge in [-0.15, -0.1) is 0 Å². The van der Waals surface area contributed by atoms with Gasteiger partial charge in [0.2, 0.25) is 0 Å². The largest absolute Gasteiger partial charge is 0.303 e. The maximum Gasteiger partial charge on any atom is 0.120 e. The Hall–Kier alpha value is -1.62. The topological polar surface area (TPSA) is 40.9 Å². The molecule has 0 heterocycles. The summed E-state index contributed by atoms with van der Waals surface area (Å²) >= 11 is 0. The van der Waals surface area contributed by atoms with Gasteiger partial charge in [0.05, 0.1) is 11.6 Å². The van der Waals surface area contributed by atoms with Crippen LogP contribution >= 0.6 is 0 Å². The van der Waals surface area contributed by atoms with E-state index in [1.165, 1.54) is 18.4 Å². The van der Waals surface area contributed by atoms with Gasteiger partial charge < -0.3 is 4.79 Å². The molecule has 1 aromatic carbocycles. The van der Waals surface area contributed by atoms with Crippen LogP contribution in [0.25, 0.3) is 0 Å². The Morgan fingerprint density at radius 1 is 1.18 bits per heavy atom. The molecule has 0 saturated heterocycles. The summed E-state index contributed by atoms with van der Waals surface area (Å²) in [6, 6.07) is 10.1. The minimum Gasteiger partial charge on any atom is -0.303 e. The van der Waals surface area contributed by atoms with Gasteiger partial charge in [0, 0.05) is 6.42 Å². The molecule has 0 atom stereocenters. The lowest BCUT2D eigenvalue weighted by Crippen LogP contribution is -2.13. The quantitative estimate of drug-likeness (QED) is 0.742. The van der Waals surface area contributed by atoms with E-state index in [0.29, 0.717) is 11.8 Å². The van der Waals surface area contributed by atoms with E-state index in [-0.39, 0.29) is 0 Å². The maximum absolute atomic E-state index is 10.5. The van der Waals surface area contributed by atoms with Gasteiger partial charge in [-0.2, -0.15) is 5.26 Å². The zero-order valence-electron chi connectivity index (χ0n) is 9.93. The molecular weight excluding hydrogens is 210 g/mol. The highest BCUT2D eigenvalue weighted by molar-refractivity contribution is 5.49. The fourth-order valence-corrected chi connectivity index (χ4v) is 2.70. The molecule has 1 saturated carbocycles. The van der Waals surface area contributed by atoms with Crippen LogP contribution in [0.1, 0.15) is 49.1 Å². The first-order valence-corrected chi connectivity index (χ1v) is 6.27. The van der Waals surface area contributed by atoms with Crippen molar-refractivity contribution < 1.29 is 4.79 Å². The van der Waals surface area contributed by atoms with Crippen molar-refractivity contribution in [3.8, 4) is 6.07 Å². The summed E-state index contributed by atoms with van der Waals surface area (Å²) in [7, 11) is 0. The third-order valence-electron chi connectivity index (χ3n) is 3.79. The van der Waals surface area contributed by atoms with E-state index in [1.54, 1.807) is 0 Å². The third kappa shape index (κ3) is 2.94. The Labute approximate surface area is 102 Å². The van der Waals surface area contributed by atoms with Gasteiger partial charge in [-0.25, -0.2) is 0 Å². The Bertz CT molecular complexity index is 408. The molecule has 88 valence electrons. The monoisotopic (exact) mass is 227 g/mol. The third-order valence-corrected chi connectivity index (χ3v) is 3.79. The Morgan fingerprint density at radius 3 is 2.35 bits per heavy atom. The van der Waals surface area contributed by atoms with Gasteiger partial charge in [-0.1, -0.05) is 12.1 Å². The van der Waals surface area contributed by atoms with Crippen LogP contribution in [-0.4, -0.2) is 6.29 Å². The number of nitriles is 1. The summed E-state index contributed by atoms with van der Waals surface area (Å²) in [5, 5.41) is 8.75.